The maximum Gasteiger partial charge on any atom is 0.230 e. The lowest BCUT2D eigenvalue weighted by Gasteiger charge is -2.01. The first-order valence-electron chi connectivity index (χ1n) is 7.62. The highest BCUT2D eigenvalue weighted by Gasteiger charge is 2.12. The third-order valence-electron chi connectivity index (χ3n) is 3.92. The molecule has 0 saturated carbocycles. The molecule has 126 valence electrons. The third kappa shape index (κ3) is 3.06. The molecule has 0 fully saturated rings. The third-order valence-corrected chi connectivity index (χ3v) is 4.86. The quantitative estimate of drug-likeness (QED) is 0.579. The van der Waals surface area contributed by atoms with E-state index in [1.54, 1.807) is 19.4 Å². The van der Waals surface area contributed by atoms with Crippen molar-refractivity contribution in [3.8, 4) is 5.75 Å². The molecule has 0 saturated heterocycles. The van der Waals surface area contributed by atoms with Crippen LogP contribution < -0.4 is 10.1 Å². The normalized spacial score (nSPS) is 11.1. The maximum atomic E-state index is 13.4. The zero-order valence-electron chi connectivity index (χ0n) is 13.3. The number of H-pyrrole nitrogens is 1. The molecule has 2 aromatic heterocycles. The molecule has 4 rings (SSSR count). The molecule has 0 bridgehead atoms. The van der Waals surface area contributed by atoms with Crippen LogP contribution in [0.3, 0.4) is 0 Å². The lowest BCUT2D eigenvalue weighted by atomic mass is 10.1. The Bertz CT molecular complexity index is 1090. The number of anilines is 1. The van der Waals surface area contributed by atoms with Crippen molar-refractivity contribution in [2.45, 2.75) is 6.42 Å². The number of hydrogen-bond donors (Lipinski definition) is 2. The zero-order chi connectivity index (χ0) is 17.4. The van der Waals surface area contributed by atoms with E-state index in [1.807, 2.05) is 18.2 Å². The Kier molecular flexibility index (Phi) is 3.85. The molecular weight excluding hydrogens is 341 g/mol. The number of thiazole rings is 1. The van der Waals surface area contributed by atoms with E-state index in [0.717, 1.165) is 27.0 Å². The summed E-state index contributed by atoms with van der Waals surface area (Å²) >= 11 is 1.38. The first-order valence-corrected chi connectivity index (χ1v) is 8.44. The molecule has 1 amide bonds. The van der Waals surface area contributed by atoms with E-state index in [1.165, 1.54) is 23.5 Å². The number of nitrogens with zero attached hydrogens (tertiary/aromatic N) is 1. The van der Waals surface area contributed by atoms with Gasteiger partial charge in [-0.25, -0.2) is 9.37 Å². The summed E-state index contributed by atoms with van der Waals surface area (Å²) in [5.74, 6) is 0.222. The Labute approximate surface area is 146 Å². The van der Waals surface area contributed by atoms with Crippen LogP contribution in [0.2, 0.25) is 0 Å². The van der Waals surface area contributed by atoms with Gasteiger partial charge in [0.1, 0.15) is 11.6 Å². The van der Waals surface area contributed by atoms with Crippen LogP contribution in [0.5, 0.6) is 5.75 Å². The molecule has 0 unspecified atom stereocenters. The predicted octanol–water partition coefficient (Wildman–Crippen LogP) is 4.11. The van der Waals surface area contributed by atoms with Gasteiger partial charge in [0.05, 0.1) is 23.7 Å². The molecule has 0 aliphatic carbocycles. The standard InChI is InChI=1S/C18H14FN3O2S/c1-24-12-3-5-15-16(8-12)25-18(21-15)22-17(23)6-10-9-20-14-4-2-11(19)7-13(10)14/h2-5,7-9,20H,6H2,1H3,(H,21,22,23). The van der Waals surface area contributed by atoms with Crippen LogP contribution in [0.4, 0.5) is 9.52 Å². The van der Waals surface area contributed by atoms with Crippen LogP contribution >= 0.6 is 11.3 Å². The van der Waals surface area contributed by atoms with Gasteiger partial charge in [-0.3, -0.25) is 4.79 Å². The second kappa shape index (κ2) is 6.18. The molecule has 0 atom stereocenters. The van der Waals surface area contributed by atoms with Crippen molar-refractivity contribution in [3.05, 3.63) is 54.0 Å². The number of hydrogen-bond acceptors (Lipinski definition) is 4. The van der Waals surface area contributed by atoms with E-state index < -0.39 is 0 Å². The second-order valence-electron chi connectivity index (χ2n) is 5.58. The number of carbonyl (C=O) groups excluding carboxylic acids is 1. The van der Waals surface area contributed by atoms with Crippen LogP contribution in [0.1, 0.15) is 5.56 Å². The Hall–Kier alpha value is -2.93. The molecule has 7 heteroatoms. The molecule has 4 aromatic rings. The molecule has 25 heavy (non-hydrogen) atoms. The van der Waals surface area contributed by atoms with Gasteiger partial charge < -0.3 is 15.0 Å². The highest BCUT2D eigenvalue weighted by Crippen LogP contribution is 2.29. The largest absolute Gasteiger partial charge is 0.497 e. The Morgan fingerprint density at radius 2 is 2.20 bits per heavy atom. The highest BCUT2D eigenvalue weighted by molar-refractivity contribution is 7.22. The maximum absolute atomic E-state index is 13.4. The minimum atomic E-state index is -0.325. The summed E-state index contributed by atoms with van der Waals surface area (Å²) in [6, 6.07) is 10.0. The smallest absolute Gasteiger partial charge is 0.230 e. The molecule has 0 radical (unpaired) electrons. The number of ether oxygens (including phenoxy) is 1. The van der Waals surface area contributed by atoms with Crippen molar-refractivity contribution in [1.29, 1.82) is 0 Å². The van der Waals surface area contributed by atoms with Gasteiger partial charge in [0.15, 0.2) is 5.13 Å². The number of benzene rings is 2. The van der Waals surface area contributed by atoms with Gasteiger partial charge in [-0.1, -0.05) is 11.3 Å². The molecule has 5 nitrogen and oxygen atoms in total. The Morgan fingerprint density at radius 3 is 3.04 bits per heavy atom. The van der Waals surface area contributed by atoms with Gasteiger partial charge in [-0.05, 0) is 42.0 Å². The van der Waals surface area contributed by atoms with Crippen molar-refractivity contribution < 1.29 is 13.9 Å². The average Bonchev–Trinajstić information content (AvgIpc) is 3.17. The van der Waals surface area contributed by atoms with Gasteiger partial charge >= 0.3 is 0 Å². The van der Waals surface area contributed by atoms with Gasteiger partial charge in [0.25, 0.3) is 0 Å². The number of rotatable bonds is 4. The highest BCUT2D eigenvalue weighted by atomic mass is 32.1. The molecule has 0 aliphatic rings. The lowest BCUT2D eigenvalue weighted by Crippen LogP contribution is -2.13. The fourth-order valence-electron chi connectivity index (χ4n) is 2.72. The van der Waals surface area contributed by atoms with Crippen molar-refractivity contribution in [1.82, 2.24) is 9.97 Å². The van der Waals surface area contributed by atoms with Crippen molar-refractivity contribution >= 4 is 43.5 Å². The predicted molar refractivity (Wildman–Crippen MR) is 96.8 cm³/mol. The topological polar surface area (TPSA) is 67.0 Å². The van der Waals surface area contributed by atoms with Gasteiger partial charge in [0, 0.05) is 17.1 Å². The number of nitrogens with one attached hydrogen (secondary N) is 2. The van der Waals surface area contributed by atoms with Gasteiger partial charge in [-0.15, -0.1) is 0 Å². The summed E-state index contributed by atoms with van der Waals surface area (Å²) < 4.78 is 19.6. The van der Waals surface area contributed by atoms with Crippen LogP contribution in [-0.2, 0) is 11.2 Å². The van der Waals surface area contributed by atoms with Crippen LogP contribution in [-0.4, -0.2) is 23.0 Å². The Morgan fingerprint density at radius 1 is 1.32 bits per heavy atom. The first kappa shape index (κ1) is 15.6. The Balaban J connectivity index is 1.54. The van der Waals surface area contributed by atoms with E-state index in [2.05, 4.69) is 15.3 Å². The summed E-state index contributed by atoms with van der Waals surface area (Å²) in [6.45, 7) is 0. The van der Waals surface area contributed by atoms with E-state index in [9.17, 15) is 9.18 Å². The molecule has 2 aromatic carbocycles. The fraction of sp³-hybridized carbons (Fsp3) is 0.111. The first-order chi connectivity index (χ1) is 12.1. The molecule has 0 aliphatic heterocycles. The fourth-order valence-corrected chi connectivity index (χ4v) is 3.63. The van der Waals surface area contributed by atoms with E-state index >= 15 is 0 Å². The van der Waals surface area contributed by atoms with Gasteiger partial charge in [0.2, 0.25) is 5.91 Å². The van der Waals surface area contributed by atoms with Crippen LogP contribution in [0.25, 0.3) is 21.1 Å². The molecule has 0 spiro atoms. The summed E-state index contributed by atoms with van der Waals surface area (Å²) in [4.78, 5) is 19.8. The summed E-state index contributed by atoms with van der Waals surface area (Å²) in [6.07, 6.45) is 1.87. The number of halogens is 1. The van der Waals surface area contributed by atoms with Crippen LogP contribution in [0.15, 0.2) is 42.6 Å². The van der Waals surface area contributed by atoms with Crippen molar-refractivity contribution in [2.24, 2.45) is 0 Å². The molecule has 2 heterocycles. The molecular formula is C18H14FN3O2S. The monoisotopic (exact) mass is 355 g/mol. The van der Waals surface area contributed by atoms with E-state index in [-0.39, 0.29) is 18.1 Å². The minimum Gasteiger partial charge on any atom is -0.497 e. The minimum absolute atomic E-state index is 0.142. The van der Waals surface area contributed by atoms with Crippen molar-refractivity contribution in [2.75, 3.05) is 12.4 Å². The van der Waals surface area contributed by atoms with Crippen LogP contribution in [0, 0.1) is 5.82 Å². The lowest BCUT2D eigenvalue weighted by molar-refractivity contribution is -0.115. The second-order valence-corrected chi connectivity index (χ2v) is 6.61. The van der Waals surface area contributed by atoms with E-state index in [0.29, 0.717) is 10.5 Å². The summed E-state index contributed by atoms with van der Waals surface area (Å²) in [5.41, 5.74) is 2.35. The van der Waals surface area contributed by atoms with E-state index in [4.69, 9.17) is 4.74 Å². The average molecular weight is 355 g/mol. The zero-order valence-corrected chi connectivity index (χ0v) is 14.1. The summed E-state index contributed by atoms with van der Waals surface area (Å²) in [7, 11) is 1.61. The summed E-state index contributed by atoms with van der Waals surface area (Å²) in [5, 5.41) is 4.05. The number of aromatic amines is 1. The van der Waals surface area contributed by atoms with Gasteiger partial charge in [-0.2, -0.15) is 0 Å². The number of aromatic nitrogens is 2. The number of methoxy groups -OCH3 is 1. The number of amides is 1. The van der Waals surface area contributed by atoms with Crippen molar-refractivity contribution in [3.63, 3.8) is 0 Å². The number of carbonyl (C=O) groups is 1. The molecule has 2 N–H and O–H groups in total. The number of fused-ring (bicyclic) bond motifs is 2. The SMILES string of the molecule is COc1ccc2nc(NC(=O)Cc3c[nH]c4ccc(F)cc34)sc2c1.